The summed E-state index contributed by atoms with van der Waals surface area (Å²) >= 11 is 0. The van der Waals surface area contributed by atoms with Crippen LogP contribution in [0, 0.1) is 0 Å². The lowest BCUT2D eigenvalue weighted by molar-refractivity contribution is -0.152. The third-order valence-corrected chi connectivity index (χ3v) is 2.93. The number of halogens is 1. The minimum absolute atomic E-state index is 0. The zero-order valence-electron chi connectivity index (χ0n) is 7.15. The van der Waals surface area contributed by atoms with Gasteiger partial charge in [-0.05, 0) is 19.4 Å². The molecule has 1 atom stereocenters. The van der Waals surface area contributed by atoms with Gasteiger partial charge < -0.3 is 5.11 Å². The van der Waals surface area contributed by atoms with Crippen molar-refractivity contribution in [1.29, 1.82) is 0 Å². The Balaban J connectivity index is 0.000000845. The van der Waals surface area contributed by atoms with Gasteiger partial charge in [-0.15, -0.1) is 12.4 Å². The van der Waals surface area contributed by atoms with E-state index in [4.69, 9.17) is 5.11 Å². The van der Waals surface area contributed by atoms with Crippen LogP contribution in [0.2, 0.25) is 0 Å². The molecular weight excluding hydrogens is 194 g/mol. The Morgan fingerprint density at radius 3 is 2.69 bits per heavy atom. The highest BCUT2D eigenvalue weighted by Crippen LogP contribution is 2.36. The average molecular weight is 206 g/mol. The molecule has 1 unspecified atom stereocenters. The molecule has 13 heavy (non-hydrogen) atoms. The Kier molecular flexibility index (Phi) is 2.63. The van der Waals surface area contributed by atoms with E-state index in [1.807, 2.05) is 0 Å². The Morgan fingerprint density at radius 1 is 1.46 bits per heavy atom. The zero-order chi connectivity index (χ0) is 8.77. The molecule has 0 aromatic heterocycles. The van der Waals surface area contributed by atoms with Crippen LogP contribution in [-0.4, -0.2) is 40.4 Å². The van der Waals surface area contributed by atoms with Gasteiger partial charge >= 0.3 is 5.97 Å². The lowest BCUT2D eigenvalue weighted by atomic mass is 9.93. The van der Waals surface area contributed by atoms with Crippen LogP contribution in [-0.2, 0) is 9.59 Å². The van der Waals surface area contributed by atoms with Gasteiger partial charge in [-0.1, -0.05) is 0 Å². The summed E-state index contributed by atoms with van der Waals surface area (Å²) in [5, 5.41) is 8.98. The summed E-state index contributed by atoms with van der Waals surface area (Å²) in [6.07, 6.45) is 1.74. The van der Waals surface area contributed by atoms with E-state index >= 15 is 0 Å². The van der Waals surface area contributed by atoms with Gasteiger partial charge in [0, 0.05) is 13.0 Å². The molecule has 0 saturated carbocycles. The molecule has 2 aliphatic heterocycles. The number of carbonyl (C=O) groups excluding carboxylic acids is 1. The van der Waals surface area contributed by atoms with Crippen molar-refractivity contribution < 1.29 is 14.7 Å². The molecule has 2 saturated heterocycles. The minimum Gasteiger partial charge on any atom is -0.480 e. The normalized spacial score (nSPS) is 32.8. The summed E-state index contributed by atoms with van der Waals surface area (Å²) in [6, 6.07) is 0. The van der Waals surface area contributed by atoms with Crippen LogP contribution in [0.3, 0.4) is 0 Å². The predicted molar refractivity (Wildman–Crippen MR) is 48.0 cm³/mol. The van der Waals surface area contributed by atoms with E-state index in [1.165, 1.54) is 0 Å². The van der Waals surface area contributed by atoms with E-state index in [0.29, 0.717) is 19.4 Å². The van der Waals surface area contributed by atoms with Crippen molar-refractivity contribution in [1.82, 2.24) is 4.90 Å². The molecule has 2 aliphatic rings. The fourth-order valence-corrected chi connectivity index (χ4v) is 2.30. The predicted octanol–water partition coefficient (Wildman–Crippen LogP) is 0.300. The van der Waals surface area contributed by atoms with Gasteiger partial charge in [0.1, 0.15) is 0 Å². The van der Waals surface area contributed by atoms with Crippen molar-refractivity contribution in [3.05, 3.63) is 0 Å². The second-order valence-corrected chi connectivity index (χ2v) is 3.43. The highest BCUT2D eigenvalue weighted by atomic mass is 35.5. The second-order valence-electron chi connectivity index (χ2n) is 3.43. The number of carbonyl (C=O) groups is 2. The average Bonchev–Trinajstić information content (AvgIpc) is 2.52. The van der Waals surface area contributed by atoms with Gasteiger partial charge in [0.15, 0.2) is 11.3 Å². The highest BCUT2D eigenvalue weighted by Gasteiger charge is 2.56. The van der Waals surface area contributed by atoms with Crippen molar-refractivity contribution in [3.63, 3.8) is 0 Å². The SMILES string of the molecule is Cl.O=C(O)C12CCCN1CCC2=O. The fourth-order valence-electron chi connectivity index (χ4n) is 2.30. The summed E-state index contributed by atoms with van der Waals surface area (Å²) in [5.41, 5.74) is -1.12. The molecule has 2 heterocycles. The van der Waals surface area contributed by atoms with E-state index in [1.54, 1.807) is 4.90 Å². The van der Waals surface area contributed by atoms with E-state index in [2.05, 4.69) is 0 Å². The minimum atomic E-state index is -1.12. The van der Waals surface area contributed by atoms with Crippen LogP contribution >= 0.6 is 12.4 Å². The number of hydrogen-bond donors (Lipinski definition) is 1. The monoisotopic (exact) mass is 205 g/mol. The number of hydrogen-bond acceptors (Lipinski definition) is 3. The van der Waals surface area contributed by atoms with Crippen molar-refractivity contribution in [2.75, 3.05) is 13.1 Å². The molecule has 5 heteroatoms. The molecule has 2 fully saturated rings. The molecule has 0 amide bonds. The van der Waals surface area contributed by atoms with Crippen LogP contribution in [0.15, 0.2) is 0 Å². The Hall–Kier alpha value is -0.610. The molecule has 0 aromatic carbocycles. The van der Waals surface area contributed by atoms with Gasteiger partial charge in [0.05, 0.1) is 0 Å². The number of carboxylic acid groups (broad SMARTS) is 1. The quantitative estimate of drug-likeness (QED) is 0.626. The van der Waals surface area contributed by atoms with E-state index < -0.39 is 11.5 Å². The summed E-state index contributed by atoms with van der Waals surface area (Å²) in [7, 11) is 0. The molecule has 0 aliphatic carbocycles. The number of aliphatic carboxylic acids is 1. The summed E-state index contributed by atoms with van der Waals surface area (Å²) < 4.78 is 0. The first-order valence-electron chi connectivity index (χ1n) is 4.20. The lowest BCUT2D eigenvalue weighted by Gasteiger charge is -2.24. The Labute approximate surface area is 82.3 Å². The largest absolute Gasteiger partial charge is 0.480 e. The first-order valence-corrected chi connectivity index (χ1v) is 4.20. The standard InChI is InChI=1S/C8H11NO3.ClH/c10-6-2-5-9-4-1-3-8(6,9)7(11)12;/h1-5H2,(H,11,12);1H. The summed E-state index contributed by atoms with van der Waals surface area (Å²) in [5.74, 6) is -1.06. The van der Waals surface area contributed by atoms with Crippen LogP contribution < -0.4 is 0 Å². The van der Waals surface area contributed by atoms with E-state index in [-0.39, 0.29) is 18.2 Å². The van der Waals surface area contributed by atoms with Crippen molar-refractivity contribution in [3.8, 4) is 0 Å². The van der Waals surface area contributed by atoms with Crippen molar-refractivity contribution in [2.45, 2.75) is 24.8 Å². The van der Waals surface area contributed by atoms with Gasteiger partial charge in [0.25, 0.3) is 0 Å². The van der Waals surface area contributed by atoms with E-state index in [9.17, 15) is 9.59 Å². The summed E-state index contributed by atoms with van der Waals surface area (Å²) in [6.45, 7) is 1.39. The van der Waals surface area contributed by atoms with Crippen molar-refractivity contribution in [2.24, 2.45) is 0 Å². The smallest absolute Gasteiger partial charge is 0.331 e. The van der Waals surface area contributed by atoms with Crippen LogP contribution in [0.5, 0.6) is 0 Å². The first-order chi connectivity index (χ1) is 5.68. The maximum Gasteiger partial charge on any atom is 0.331 e. The Morgan fingerprint density at radius 2 is 2.15 bits per heavy atom. The fraction of sp³-hybridized carbons (Fsp3) is 0.750. The Bertz CT molecular complexity index is 256. The third-order valence-electron chi connectivity index (χ3n) is 2.93. The maximum atomic E-state index is 11.4. The third kappa shape index (κ3) is 1.16. The molecule has 0 spiro atoms. The zero-order valence-corrected chi connectivity index (χ0v) is 7.97. The molecule has 0 bridgehead atoms. The lowest BCUT2D eigenvalue weighted by Crippen LogP contribution is -2.50. The van der Waals surface area contributed by atoms with Crippen LogP contribution in [0.4, 0.5) is 0 Å². The molecule has 74 valence electrons. The number of nitrogens with zero attached hydrogens (tertiary/aromatic N) is 1. The molecule has 0 radical (unpaired) electrons. The number of carboxylic acids is 1. The van der Waals surface area contributed by atoms with Crippen molar-refractivity contribution >= 4 is 24.2 Å². The van der Waals surface area contributed by atoms with Gasteiger partial charge in [-0.2, -0.15) is 0 Å². The second kappa shape index (κ2) is 3.27. The topological polar surface area (TPSA) is 57.6 Å². The highest BCUT2D eigenvalue weighted by molar-refractivity contribution is 6.09. The van der Waals surface area contributed by atoms with Gasteiger partial charge in [-0.25, -0.2) is 4.79 Å². The molecular formula is C8H12ClNO3. The molecule has 4 nitrogen and oxygen atoms in total. The van der Waals surface area contributed by atoms with Gasteiger partial charge in [-0.3, -0.25) is 9.69 Å². The van der Waals surface area contributed by atoms with Gasteiger partial charge in [0.2, 0.25) is 0 Å². The molecule has 1 N–H and O–H groups in total. The summed E-state index contributed by atoms with van der Waals surface area (Å²) in [4.78, 5) is 24.2. The van der Waals surface area contributed by atoms with E-state index in [0.717, 1.165) is 13.0 Å². The maximum absolute atomic E-state index is 11.4. The molecule has 2 rings (SSSR count). The number of Topliss-reactive ketones (excluding diaryl/α,β-unsaturated/α-hetero) is 1. The van der Waals surface area contributed by atoms with Crippen LogP contribution in [0.25, 0.3) is 0 Å². The number of fused-ring (bicyclic) bond motifs is 1. The van der Waals surface area contributed by atoms with Crippen LogP contribution in [0.1, 0.15) is 19.3 Å². The first kappa shape index (κ1) is 10.5. The molecule has 0 aromatic rings. The number of rotatable bonds is 1. The number of ketones is 1.